The molecule has 1 rings (SSSR count). The molecular weight excluding hydrogens is 291 g/mol. The maximum Gasteiger partial charge on any atom is 0.380 e. The topological polar surface area (TPSA) is 47.9 Å². The molecule has 0 spiro atoms. The first-order valence-corrected chi connectivity index (χ1v) is 8.83. The van der Waals surface area contributed by atoms with Gasteiger partial charge in [-0.15, -0.1) is 11.8 Å². The number of thioether (sulfide) groups is 1. The summed E-state index contributed by atoms with van der Waals surface area (Å²) in [6.45, 7) is -0.590. The monoisotopic (exact) mass is 310 g/mol. The second-order valence-corrected chi connectivity index (χ2v) is 7.03. The molecule has 1 N–H and O–H groups in total. The third-order valence-corrected chi connectivity index (χ3v) is 5.38. The molecule has 0 saturated heterocycles. The van der Waals surface area contributed by atoms with Crippen LogP contribution < -0.4 is 4.52 Å². The Kier molecular flexibility index (Phi) is 8.86. The van der Waals surface area contributed by atoms with E-state index in [4.69, 9.17) is 30.5 Å². The number of aliphatic hydroxyl groups is 1. The number of benzene rings is 1. The summed E-state index contributed by atoms with van der Waals surface area (Å²) in [5, 5.41) is 7.00. The molecule has 1 aromatic carbocycles. The first-order valence-electron chi connectivity index (χ1n) is 5.05. The number of aryl methyl sites for hydroxylation is 1. The summed E-state index contributed by atoms with van der Waals surface area (Å²) >= 11 is 6.83. The van der Waals surface area contributed by atoms with Crippen LogP contribution >= 0.6 is 18.5 Å². The van der Waals surface area contributed by atoms with Crippen molar-refractivity contribution < 1.29 is 18.7 Å². The molecule has 7 heteroatoms. The van der Waals surface area contributed by atoms with E-state index < -0.39 is 6.72 Å². The quantitative estimate of drug-likeness (QED) is 0.665. The van der Waals surface area contributed by atoms with Gasteiger partial charge in [-0.1, -0.05) is 0 Å². The lowest BCUT2D eigenvalue weighted by Crippen LogP contribution is -1.97. The van der Waals surface area contributed by atoms with E-state index >= 15 is 0 Å². The molecule has 0 atom stereocenters. The maximum atomic E-state index is 7.00. The summed E-state index contributed by atoms with van der Waals surface area (Å²) < 4.78 is 15.7. The van der Waals surface area contributed by atoms with Crippen molar-refractivity contribution in [3.05, 3.63) is 23.8 Å². The number of rotatable bonds is 5. The summed E-state index contributed by atoms with van der Waals surface area (Å²) in [5.41, 5.74) is 1.15. The predicted molar refractivity (Wildman–Crippen MR) is 80.0 cm³/mol. The average Bonchev–Trinajstić information content (AvgIpc) is 2.41. The lowest BCUT2D eigenvalue weighted by molar-refractivity contribution is 0.273. The van der Waals surface area contributed by atoms with Crippen LogP contribution in [0.3, 0.4) is 0 Å². The molecular formula is C11H19O4PS2. The van der Waals surface area contributed by atoms with Gasteiger partial charge in [-0.3, -0.25) is 0 Å². The molecule has 4 nitrogen and oxygen atoms in total. The van der Waals surface area contributed by atoms with Crippen LogP contribution in [-0.2, 0) is 20.9 Å². The van der Waals surface area contributed by atoms with Crippen molar-refractivity contribution in [3.63, 3.8) is 0 Å². The van der Waals surface area contributed by atoms with Crippen molar-refractivity contribution in [1.82, 2.24) is 0 Å². The van der Waals surface area contributed by atoms with Crippen molar-refractivity contribution in [2.45, 2.75) is 11.8 Å². The van der Waals surface area contributed by atoms with Crippen LogP contribution in [0.25, 0.3) is 0 Å². The standard InChI is InChI=1S/C10H15O3PS2.CH4O/c1-8-7-9(5-6-10(8)16-4)13-14(15,11-2)12-3;1-2/h5-7H,1-4H3;2H,1H3. The second kappa shape index (κ2) is 8.91. The van der Waals surface area contributed by atoms with Crippen molar-refractivity contribution in [2.24, 2.45) is 0 Å². The first-order chi connectivity index (χ1) is 8.54. The van der Waals surface area contributed by atoms with Crippen molar-refractivity contribution in [2.75, 3.05) is 27.6 Å². The van der Waals surface area contributed by atoms with Crippen LogP contribution in [-0.4, -0.2) is 32.7 Å². The molecule has 0 fully saturated rings. The third kappa shape index (κ3) is 5.26. The molecule has 0 unspecified atom stereocenters. The van der Waals surface area contributed by atoms with Crippen molar-refractivity contribution in [1.29, 1.82) is 0 Å². The Morgan fingerprint density at radius 1 is 1.22 bits per heavy atom. The Hall–Kier alpha value is -0.100. The van der Waals surface area contributed by atoms with Gasteiger partial charge in [-0.2, -0.15) is 0 Å². The largest absolute Gasteiger partial charge is 0.424 e. The smallest absolute Gasteiger partial charge is 0.380 e. The summed E-state index contributed by atoms with van der Waals surface area (Å²) in [6, 6.07) is 5.81. The third-order valence-electron chi connectivity index (χ3n) is 2.03. The van der Waals surface area contributed by atoms with Crippen molar-refractivity contribution in [3.8, 4) is 5.75 Å². The number of aliphatic hydroxyl groups excluding tert-OH is 1. The molecule has 18 heavy (non-hydrogen) atoms. The van der Waals surface area contributed by atoms with E-state index in [0.717, 1.165) is 12.7 Å². The van der Waals surface area contributed by atoms with Gasteiger partial charge in [0.05, 0.1) is 0 Å². The summed E-state index contributed by atoms with van der Waals surface area (Å²) in [4.78, 5) is 1.22. The van der Waals surface area contributed by atoms with Crippen LogP contribution in [0.4, 0.5) is 0 Å². The zero-order chi connectivity index (χ0) is 14.2. The molecule has 104 valence electrons. The fraction of sp³-hybridized carbons (Fsp3) is 0.455. The average molecular weight is 310 g/mol. The molecule has 0 bridgehead atoms. The van der Waals surface area contributed by atoms with Gasteiger partial charge in [0.2, 0.25) is 0 Å². The number of hydrogen-bond donors (Lipinski definition) is 1. The number of hydrogen-bond acceptors (Lipinski definition) is 6. The normalized spacial score (nSPS) is 10.6. The molecule has 0 radical (unpaired) electrons. The zero-order valence-corrected chi connectivity index (χ0v) is 13.7. The van der Waals surface area contributed by atoms with Gasteiger partial charge in [-0.05, 0) is 36.9 Å². The highest BCUT2D eigenvalue weighted by atomic mass is 32.5. The fourth-order valence-electron chi connectivity index (χ4n) is 1.19. The molecule has 0 amide bonds. The summed E-state index contributed by atoms with van der Waals surface area (Å²) in [6.07, 6.45) is 2.04. The Labute approximate surface area is 118 Å². The molecule has 1 aromatic rings. The minimum atomic E-state index is -2.62. The fourth-order valence-corrected chi connectivity index (χ4v) is 2.70. The molecule has 0 aliphatic carbocycles. The minimum Gasteiger partial charge on any atom is -0.424 e. The van der Waals surface area contributed by atoms with E-state index in [2.05, 4.69) is 0 Å². The van der Waals surface area contributed by atoms with Gasteiger partial charge in [0, 0.05) is 38.0 Å². The van der Waals surface area contributed by atoms with Crippen LogP contribution in [0.5, 0.6) is 5.75 Å². The van der Waals surface area contributed by atoms with Crippen LogP contribution in [0, 0.1) is 6.92 Å². The summed E-state index contributed by atoms with van der Waals surface area (Å²) in [5.74, 6) is 0.683. The van der Waals surface area contributed by atoms with E-state index in [1.54, 1.807) is 11.8 Å². The lowest BCUT2D eigenvalue weighted by Gasteiger charge is -2.18. The van der Waals surface area contributed by atoms with Crippen LogP contribution in [0.1, 0.15) is 5.56 Å². The van der Waals surface area contributed by atoms with Crippen molar-refractivity contribution >= 4 is 30.3 Å². The Morgan fingerprint density at radius 2 is 1.78 bits per heavy atom. The molecule has 0 aromatic heterocycles. The van der Waals surface area contributed by atoms with Crippen LogP contribution in [0.15, 0.2) is 23.1 Å². The van der Waals surface area contributed by atoms with Gasteiger partial charge in [0.25, 0.3) is 0 Å². The predicted octanol–water partition coefficient (Wildman–Crippen LogP) is 3.22. The lowest BCUT2D eigenvalue weighted by atomic mass is 10.2. The Morgan fingerprint density at radius 3 is 2.17 bits per heavy atom. The van der Waals surface area contributed by atoms with Crippen LogP contribution in [0.2, 0.25) is 0 Å². The molecule has 0 heterocycles. The zero-order valence-electron chi connectivity index (χ0n) is 11.2. The highest BCUT2D eigenvalue weighted by molar-refractivity contribution is 8.07. The SMILES string of the molecule is CO.COP(=S)(OC)Oc1ccc(SC)c(C)c1. The molecule has 0 aliphatic rings. The Balaban J connectivity index is 0.00000137. The van der Waals surface area contributed by atoms with Gasteiger partial charge < -0.3 is 18.7 Å². The highest BCUT2D eigenvalue weighted by Gasteiger charge is 2.18. The first kappa shape index (κ1) is 17.9. The summed E-state index contributed by atoms with van der Waals surface area (Å²) in [7, 11) is 3.99. The Bertz CT molecular complexity index is 404. The molecule has 0 saturated carbocycles. The van der Waals surface area contributed by atoms with Gasteiger partial charge in [0.1, 0.15) is 5.75 Å². The van der Waals surface area contributed by atoms with E-state index in [0.29, 0.717) is 5.75 Å². The highest BCUT2D eigenvalue weighted by Crippen LogP contribution is 2.48. The molecule has 0 aliphatic heterocycles. The minimum absolute atomic E-state index is 0.683. The van der Waals surface area contributed by atoms with E-state index in [9.17, 15) is 0 Å². The van der Waals surface area contributed by atoms with E-state index in [1.165, 1.54) is 19.1 Å². The van der Waals surface area contributed by atoms with Gasteiger partial charge in [0.15, 0.2) is 0 Å². The second-order valence-electron chi connectivity index (χ2n) is 3.04. The van der Waals surface area contributed by atoms with E-state index in [-0.39, 0.29) is 0 Å². The van der Waals surface area contributed by atoms with E-state index in [1.807, 2.05) is 31.4 Å². The maximum absolute atomic E-state index is 7.00. The van der Waals surface area contributed by atoms with Gasteiger partial charge in [-0.25, -0.2) is 0 Å². The van der Waals surface area contributed by atoms with Gasteiger partial charge >= 0.3 is 6.72 Å².